The first-order valence-corrected chi connectivity index (χ1v) is 3.46. The van der Waals surface area contributed by atoms with Gasteiger partial charge in [0.05, 0.1) is 11.5 Å². The van der Waals surface area contributed by atoms with E-state index in [4.69, 9.17) is 0 Å². The van der Waals surface area contributed by atoms with Crippen LogP contribution in [0.3, 0.4) is 0 Å². The van der Waals surface area contributed by atoms with Gasteiger partial charge in [-0.3, -0.25) is 15.2 Å². The summed E-state index contributed by atoms with van der Waals surface area (Å²) in [6.07, 6.45) is 2.76. The number of H-pyrrole nitrogens is 1. The van der Waals surface area contributed by atoms with Crippen molar-refractivity contribution in [1.29, 1.82) is 0 Å². The maximum atomic E-state index is 10.4. The second kappa shape index (κ2) is 4.13. The predicted molar refractivity (Wildman–Crippen MR) is 41.9 cm³/mol. The van der Waals surface area contributed by atoms with Crippen LogP contribution in [0.4, 0.5) is 5.69 Å². The second-order valence-electron chi connectivity index (χ2n) is 2.21. The Labute approximate surface area is 72.6 Å². The summed E-state index contributed by atoms with van der Waals surface area (Å²) >= 11 is 0. The monoisotopic (exact) mass is 182 g/mol. The summed E-state index contributed by atoms with van der Waals surface area (Å²) in [6.45, 7) is 0.173. The Hall–Kier alpha value is -2.01. The van der Waals surface area contributed by atoms with Gasteiger partial charge in [-0.1, -0.05) is 0 Å². The quantitative estimate of drug-likeness (QED) is 0.311. The van der Waals surface area contributed by atoms with E-state index < -0.39 is 4.92 Å². The predicted octanol–water partition coefficient (Wildman–Crippen LogP) is 0.196. The van der Waals surface area contributed by atoms with E-state index in [0.29, 0.717) is 5.69 Å². The van der Waals surface area contributed by atoms with Gasteiger partial charge < -0.3 is 0 Å². The molecule has 0 unspecified atom stereocenters. The van der Waals surface area contributed by atoms with Crippen LogP contribution in [0.1, 0.15) is 5.69 Å². The van der Waals surface area contributed by atoms with Crippen molar-refractivity contribution in [2.24, 2.45) is 4.99 Å². The number of nitrogens with zero attached hydrogens (tertiary/aromatic N) is 3. The summed E-state index contributed by atoms with van der Waals surface area (Å²) < 4.78 is 0. The van der Waals surface area contributed by atoms with Gasteiger partial charge in [0.1, 0.15) is 11.9 Å². The number of nitro groups is 1. The molecule has 1 N–H and O–H groups in total. The Balaban J connectivity index is 2.70. The largest absolute Gasteiger partial charge is 0.309 e. The first-order chi connectivity index (χ1) is 6.25. The van der Waals surface area contributed by atoms with Crippen LogP contribution >= 0.6 is 0 Å². The highest BCUT2D eigenvalue weighted by Crippen LogP contribution is 2.14. The van der Waals surface area contributed by atoms with E-state index in [1.165, 1.54) is 6.08 Å². The van der Waals surface area contributed by atoms with Gasteiger partial charge in [0, 0.05) is 6.42 Å². The Kier molecular flexibility index (Phi) is 2.88. The summed E-state index contributed by atoms with van der Waals surface area (Å²) in [7, 11) is 0. The summed E-state index contributed by atoms with van der Waals surface area (Å²) in [6, 6.07) is 0. The minimum Gasteiger partial charge on any atom is -0.275 e. The molecule has 0 fully saturated rings. The molecule has 0 atom stereocenters. The number of hydrogen-bond acceptors (Lipinski definition) is 5. The van der Waals surface area contributed by atoms with Crippen LogP contribution in [0.25, 0.3) is 0 Å². The van der Waals surface area contributed by atoms with Gasteiger partial charge in [-0.15, -0.1) is 0 Å². The number of aliphatic imine (C=N–C) groups is 1. The average Bonchev–Trinajstić information content (AvgIpc) is 2.53. The van der Waals surface area contributed by atoms with Crippen molar-refractivity contribution >= 4 is 11.8 Å². The van der Waals surface area contributed by atoms with E-state index in [2.05, 4.69) is 15.2 Å². The molecule has 1 heterocycles. The minimum absolute atomic E-state index is 0.0823. The normalized spacial score (nSPS) is 9.23. The van der Waals surface area contributed by atoms with Gasteiger partial charge in [0.2, 0.25) is 6.08 Å². The molecule has 0 saturated carbocycles. The zero-order valence-electron chi connectivity index (χ0n) is 6.56. The third-order valence-electron chi connectivity index (χ3n) is 1.43. The molecule has 0 aliphatic heterocycles. The molecule has 0 amide bonds. The number of aromatic nitrogens is 2. The lowest BCUT2D eigenvalue weighted by Crippen LogP contribution is -1.95. The van der Waals surface area contributed by atoms with Gasteiger partial charge in [0.25, 0.3) is 0 Å². The summed E-state index contributed by atoms with van der Waals surface area (Å²) in [5.74, 6) is 0. The Morgan fingerprint density at radius 3 is 3.15 bits per heavy atom. The number of rotatable bonds is 4. The summed E-state index contributed by atoms with van der Waals surface area (Å²) in [5, 5.41) is 16.3. The van der Waals surface area contributed by atoms with Gasteiger partial charge in [-0.2, -0.15) is 5.10 Å². The van der Waals surface area contributed by atoms with Crippen molar-refractivity contribution < 1.29 is 9.72 Å². The molecule has 0 radical (unpaired) electrons. The van der Waals surface area contributed by atoms with Crippen molar-refractivity contribution in [3.05, 3.63) is 22.0 Å². The van der Waals surface area contributed by atoms with E-state index in [0.717, 1.165) is 6.20 Å². The number of carbonyl (C=O) groups excluding carboxylic acids is 1. The molecule has 0 bridgehead atoms. The highest BCUT2D eigenvalue weighted by Gasteiger charge is 2.14. The lowest BCUT2D eigenvalue weighted by molar-refractivity contribution is -0.385. The van der Waals surface area contributed by atoms with Crippen LogP contribution in [0.5, 0.6) is 0 Å². The van der Waals surface area contributed by atoms with Crippen LogP contribution in [0, 0.1) is 10.1 Å². The molecule has 0 aromatic carbocycles. The van der Waals surface area contributed by atoms with Crippen molar-refractivity contribution in [2.45, 2.75) is 6.42 Å². The fourth-order valence-electron chi connectivity index (χ4n) is 0.861. The topological polar surface area (TPSA) is 101 Å². The molecule has 7 nitrogen and oxygen atoms in total. The van der Waals surface area contributed by atoms with E-state index in [9.17, 15) is 14.9 Å². The van der Waals surface area contributed by atoms with E-state index in [1.807, 2.05) is 0 Å². The molecule has 1 aromatic heterocycles. The minimum atomic E-state index is -0.538. The molecular weight excluding hydrogens is 176 g/mol. The molecule has 13 heavy (non-hydrogen) atoms. The summed E-state index contributed by atoms with van der Waals surface area (Å²) in [4.78, 5) is 22.8. The molecular formula is C6H6N4O3. The highest BCUT2D eigenvalue weighted by atomic mass is 16.6. The number of aromatic amines is 1. The molecule has 0 spiro atoms. The second-order valence-corrected chi connectivity index (χ2v) is 2.21. The molecule has 0 aliphatic carbocycles. The zero-order valence-corrected chi connectivity index (χ0v) is 6.56. The van der Waals surface area contributed by atoms with Crippen LogP contribution < -0.4 is 0 Å². The van der Waals surface area contributed by atoms with E-state index in [1.54, 1.807) is 0 Å². The maximum absolute atomic E-state index is 10.4. The SMILES string of the molecule is O=C=NCCc1[nH]ncc1[N+](=O)[O-]. The van der Waals surface area contributed by atoms with Gasteiger partial charge in [-0.25, -0.2) is 9.79 Å². The van der Waals surface area contributed by atoms with Gasteiger partial charge in [0.15, 0.2) is 0 Å². The third-order valence-corrected chi connectivity index (χ3v) is 1.43. The highest BCUT2D eigenvalue weighted by molar-refractivity contribution is 5.34. The van der Waals surface area contributed by atoms with Crippen LogP contribution in [0.2, 0.25) is 0 Å². The smallest absolute Gasteiger partial charge is 0.275 e. The van der Waals surface area contributed by atoms with Crippen LogP contribution in [-0.2, 0) is 11.2 Å². The van der Waals surface area contributed by atoms with Gasteiger partial charge in [-0.05, 0) is 0 Å². The number of hydrogen-bond donors (Lipinski definition) is 1. The summed E-state index contributed by atoms with van der Waals surface area (Å²) in [5.41, 5.74) is 0.282. The Morgan fingerprint density at radius 1 is 1.77 bits per heavy atom. The standard InChI is InChI=1S/C6H6N4O3/c11-4-7-2-1-5-6(10(12)13)3-8-9-5/h3H,1-2H2,(H,8,9). The Bertz CT molecular complexity index is 353. The number of isocyanates is 1. The molecule has 7 heteroatoms. The first kappa shape index (κ1) is 9.08. The van der Waals surface area contributed by atoms with Crippen molar-refractivity contribution in [1.82, 2.24) is 10.2 Å². The molecule has 1 aromatic rings. The van der Waals surface area contributed by atoms with E-state index in [-0.39, 0.29) is 18.7 Å². The van der Waals surface area contributed by atoms with Crippen molar-refractivity contribution in [2.75, 3.05) is 6.54 Å². The Morgan fingerprint density at radius 2 is 2.54 bits per heavy atom. The van der Waals surface area contributed by atoms with Gasteiger partial charge >= 0.3 is 5.69 Å². The van der Waals surface area contributed by atoms with E-state index >= 15 is 0 Å². The first-order valence-electron chi connectivity index (χ1n) is 3.46. The molecule has 68 valence electrons. The average molecular weight is 182 g/mol. The molecule has 0 saturated heterocycles. The molecule has 0 aliphatic rings. The lowest BCUT2D eigenvalue weighted by Gasteiger charge is -1.90. The van der Waals surface area contributed by atoms with Crippen molar-refractivity contribution in [3.63, 3.8) is 0 Å². The fourth-order valence-corrected chi connectivity index (χ4v) is 0.861. The van der Waals surface area contributed by atoms with Crippen molar-refractivity contribution in [3.8, 4) is 0 Å². The lowest BCUT2D eigenvalue weighted by atomic mass is 10.3. The maximum Gasteiger partial charge on any atom is 0.309 e. The number of nitrogens with one attached hydrogen (secondary N) is 1. The van der Waals surface area contributed by atoms with Crippen LogP contribution in [0.15, 0.2) is 11.2 Å². The fraction of sp³-hybridized carbons (Fsp3) is 0.333. The zero-order chi connectivity index (χ0) is 9.68. The van der Waals surface area contributed by atoms with Crippen LogP contribution in [-0.4, -0.2) is 27.7 Å². The third kappa shape index (κ3) is 2.21. The molecule has 1 rings (SSSR count).